The number of aliphatic hydroxyl groups excluding tert-OH is 1. The number of nitrogens with zero attached hydrogens (tertiary/aromatic N) is 2. The van der Waals surface area contributed by atoms with Crippen molar-refractivity contribution in [2.45, 2.75) is 39.2 Å². The maximum atomic E-state index is 9.47. The maximum absolute atomic E-state index is 9.47. The van der Waals surface area contributed by atoms with Crippen molar-refractivity contribution < 1.29 is 5.11 Å². The summed E-state index contributed by atoms with van der Waals surface area (Å²) in [6.07, 6.45) is 3.07. The number of aromatic nitrogens is 2. The van der Waals surface area contributed by atoms with Gasteiger partial charge in [0.25, 0.3) is 0 Å². The number of nitrogens with one attached hydrogen (secondary N) is 1. The topological polar surface area (TPSA) is 84.1 Å². The van der Waals surface area contributed by atoms with E-state index in [-0.39, 0.29) is 32.1 Å². The van der Waals surface area contributed by atoms with E-state index < -0.39 is 0 Å². The predicted molar refractivity (Wildman–Crippen MR) is 93.1 cm³/mol. The van der Waals surface area contributed by atoms with Crippen molar-refractivity contribution in [1.29, 1.82) is 0 Å². The lowest BCUT2D eigenvalue weighted by Gasteiger charge is -2.18. The second-order valence-electron chi connectivity index (χ2n) is 5.12. The minimum Gasteiger partial charge on any atom is -0.394 e. The molecule has 0 bridgehead atoms. The lowest BCUT2D eigenvalue weighted by atomic mass is 10.1. The molecule has 0 radical (unpaired) electrons. The van der Waals surface area contributed by atoms with E-state index in [4.69, 9.17) is 5.73 Å². The van der Waals surface area contributed by atoms with Crippen molar-refractivity contribution >= 4 is 36.2 Å². The highest BCUT2D eigenvalue weighted by molar-refractivity contribution is 7.59. The Morgan fingerprint density at radius 2 is 2.10 bits per heavy atom. The molecule has 0 fully saturated rings. The third-order valence-corrected chi connectivity index (χ3v) is 3.34. The fraction of sp³-hybridized carbons (Fsp3) is 0.467. The van der Waals surface area contributed by atoms with Gasteiger partial charge >= 0.3 is 0 Å². The van der Waals surface area contributed by atoms with E-state index in [1.807, 2.05) is 25.1 Å². The summed E-state index contributed by atoms with van der Waals surface area (Å²) in [7, 11) is 0. The zero-order valence-corrected chi connectivity index (χ0v) is 13.6. The Labute approximate surface area is 132 Å². The van der Waals surface area contributed by atoms with Crippen LogP contribution in [0.25, 0.3) is 10.9 Å². The van der Waals surface area contributed by atoms with Crippen LogP contribution in [0.1, 0.15) is 31.7 Å². The normalized spacial score (nSPS) is 12.0. The zero-order chi connectivity index (χ0) is 14.5. The summed E-state index contributed by atoms with van der Waals surface area (Å²) < 4.78 is 0. The number of hydrogen-bond donors (Lipinski definition) is 3. The predicted octanol–water partition coefficient (Wildman–Crippen LogP) is 2.60. The van der Waals surface area contributed by atoms with E-state index in [0.717, 1.165) is 35.7 Å². The standard InChI is InChI=1S/C15H22N4O.H2S/c1-3-4-5-11(9-20)17-14-12-8-10(2)6-7-13(12)18-15(16)19-14;/h6-8,11,20H,3-5,9H2,1-2H3,(H3,16,17,18,19);1H2/t11-;/m1./s1. The molecule has 0 amide bonds. The lowest BCUT2D eigenvalue weighted by molar-refractivity contribution is 0.267. The smallest absolute Gasteiger partial charge is 0.222 e. The summed E-state index contributed by atoms with van der Waals surface area (Å²) in [5.41, 5.74) is 7.71. The molecule has 0 saturated heterocycles. The van der Waals surface area contributed by atoms with Gasteiger partial charge in [0, 0.05) is 5.39 Å². The van der Waals surface area contributed by atoms with Gasteiger partial charge in [0.1, 0.15) is 5.82 Å². The van der Waals surface area contributed by atoms with Gasteiger partial charge in [-0.2, -0.15) is 18.5 Å². The molecule has 0 unspecified atom stereocenters. The van der Waals surface area contributed by atoms with Crippen LogP contribution in [0, 0.1) is 6.92 Å². The van der Waals surface area contributed by atoms with Gasteiger partial charge in [-0.1, -0.05) is 31.4 Å². The first-order valence-corrected chi connectivity index (χ1v) is 7.05. The molecule has 0 aliphatic carbocycles. The van der Waals surface area contributed by atoms with E-state index >= 15 is 0 Å². The first kappa shape index (κ1) is 17.5. The molecule has 1 atom stereocenters. The number of hydrogen-bond acceptors (Lipinski definition) is 5. The SMILES string of the molecule is CCCC[C@H](CO)Nc1nc(N)nc2ccc(C)cc12.S. The highest BCUT2D eigenvalue weighted by atomic mass is 32.1. The number of fused-ring (bicyclic) bond motifs is 1. The summed E-state index contributed by atoms with van der Waals surface area (Å²) in [4.78, 5) is 8.52. The fourth-order valence-electron chi connectivity index (χ4n) is 2.22. The van der Waals surface area contributed by atoms with E-state index in [1.165, 1.54) is 0 Å². The number of rotatable bonds is 6. The molecular formula is C15H24N4OS. The van der Waals surface area contributed by atoms with Gasteiger partial charge in [0.2, 0.25) is 5.95 Å². The zero-order valence-electron chi connectivity index (χ0n) is 12.6. The first-order chi connectivity index (χ1) is 9.63. The molecule has 116 valence electrons. The third kappa shape index (κ3) is 4.47. The quantitative estimate of drug-likeness (QED) is 0.764. The Morgan fingerprint density at radius 1 is 1.33 bits per heavy atom. The molecule has 21 heavy (non-hydrogen) atoms. The number of unbranched alkanes of at least 4 members (excludes halogenated alkanes) is 1. The average molecular weight is 308 g/mol. The molecular weight excluding hydrogens is 284 g/mol. The number of aryl methyl sites for hydroxylation is 1. The van der Waals surface area contributed by atoms with Gasteiger partial charge < -0.3 is 16.2 Å². The van der Waals surface area contributed by atoms with Crippen LogP contribution >= 0.6 is 13.5 Å². The number of anilines is 2. The minimum absolute atomic E-state index is 0. The van der Waals surface area contributed by atoms with Crippen LogP contribution in [-0.4, -0.2) is 27.7 Å². The Hall–Kier alpha value is -1.53. The highest BCUT2D eigenvalue weighted by Gasteiger charge is 2.12. The van der Waals surface area contributed by atoms with E-state index in [9.17, 15) is 5.11 Å². The third-order valence-electron chi connectivity index (χ3n) is 3.34. The molecule has 0 spiro atoms. The largest absolute Gasteiger partial charge is 0.394 e. The molecule has 2 aromatic rings. The molecule has 0 aliphatic rings. The van der Waals surface area contributed by atoms with E-state index in [1.54, 1.807) is 0 Å². The molecule has 0 aliphatic heterocycles. The van der Waals surface area contributed by atoms with Gasteiger partial charge in [0.15, 0.2) is 0 Å². The molecule has 1 heterocycles. The van der Waals surface area contributed by atoms with Crippen molar-refractivity contribution in [1.82, 2.24) is 9.97 Å². The second kappa shape index (κ2) is 8.05. The molecule has 2 rings (SSSR count). The van der Waals surface area contributed by atoms with Crippen molar-refractivity contribution in [2.24, 2.45) is 0 Å². The first-order valence-electron chi connectivity index (χ1n) is 7.05. The minimum atomic E-state index is -0.00652. The molecule has 5 nitrogen and oxygen atoms in total. The molecule has 1 aromatic carbocycles. The van der Waals surface area contributed by atoms with Crippen LogP contribution in [0.3, 0.4) is 0 Å². The van der Waals surface area contributed by atoms with Crippen LogP contribution in [0.2, 0.25) is 0 Å². The van der Waals surface area contributed by atoms with Crippen molar-refractivity contribution in [3.05, 3.63) is 23.8 Å². The number of nitrogen functional groups attached to an aromatic ring is 1. The summed E-state index contributed by atoms with van der Waals surface area (Å²) in [6, 6.07) is 5.96. The van der Waals surface area contributed by atoms with Gasteiger partial charge in [-0.15, -0.1) is 0 Å². The van der Waals surface area contributed by atoms with E-state index in [0.29, 0.717) is 5.82 Å². The number of aliphatic hydroxyl groups is 1. The van der Waals surface area contributed by atoms with Crippen LogP contribution in [0.15, 0.2) is 18.2 Å². The van der Waals surface area contributed by atoms with E-state index in [2.05, 4.69) is 22.2 Å². The average Bonchev–Trinajstić information content (AvgIpc) is 2.43. The molecule has 1 aromatic heterocycles. The lowest BCUT2D eigenvalue weighted by Crippen LogP contribution is -2.24. The summed E-state index contributed by atoms with van der Waals surface area (Å²) >= 11 is 0. The second-order valence-corrected chi connectivity index (χ2v) is 5.12. The van der Waals surface area contributed by atoms with Crippen LogP contribution in [-0.2, 0) is 0 Å². The van der Waals surface area contributed by atoms with Crippen LogP contribution < -0.4 is 11.1 Å². The van der Waals surface area contributed by atoms with Crippen molar-refractivity contribution in [3.8, 4) is 0 Å². The van der Waals surface area contributed by atoms with Crippen LogP contribution in [0.5, 0.6) is 0 Å². The molecule has 0 saturated carbocycles. The molecule has 6 heteroatoms. The van der Waals surface area contributed by atoms with Crippen molar-refractivity contribution in [3.63, 3.8) is 0 Å². The maximum Gasteiger partial charge on any atom is 0.222 e. The summed E-state index contributed by atoms with van der Waals surface area (Å²) in [5, 5.41) is 13.7. The Kier molecular flexibility index (Phi) is 6.71. The number of nitrogens with two attached hydrogens (primary N) is 1. The van der Waals surface area contributed by atoms with Gasteiger partial charge in [0.05, 0.1) is 18.2 Å². The van der Waals surface area contributed by atoms with Gasteiger partial charge in [-0.3, -0.25) is 0 Å². The summed E-state index contributed by atoms with van der Waals surface area (Å²) in [6.45, 7) is 4.24. The Balaban J connectivity index is 0.00000220. The van der Waals surface area contributed by atoms with Crippen LogP contribution in [0.4, 0.5) is 11.8 Å². The van der Waals surface area contributed by atoms with Gasteiger partial charge in [-0.25, -0.2) is 4.98 Å². The number of benzene rings is 1. The van der Waals surface area contributed by atoms with Crippen molar-refractivity contribution in [2.75, 3.05) is 17.7 Å². The van der Waals surface area contributed by atoms with Gasteiger partial charge in [-0.05, 0) is 25.5 Å². The monoisotopic (exact) mass is 308 g/mol. The summed E-state index contributed by atoms with van der Waals surface area (Å²) in [5.74, 6) is 0.947. The molecule has 4 N–H and O–H groups in total. The fourth-order valence-corrected chi connectivity index (χ4v) is 2.22. The highest BCUT2D eigenvalue weighted by Crippen LogP contribution is 2.23. The Bertz CT molecular complexity index is 591. The Morgan fingerprint density at radius 3 is 2.76 bits per heavy atom.